The highest BCUT2D eigenvalue weighted by atomic mass is 16.2. The van der Waals surface area contributed by atoms with Gasteiger partial charge in [0.1, 0.15) is 0 Å². The van der Waals surface area contributed by atoms with Gasteiger partial charge in [-0.15, -0.1) is 0 Å². The highest BCUT2D eigenvalue weighted by molar-refractivity contribution is 5.84. The number of hydrogen-bond acceptors (Lipinski definition) is 3. The van der Waals surface area contributed by atoms with Crippen molar-refractivity contribution in [1.82, 2.24) is 15.5 Å². The molecule has 20 heavy (non-hydrogen) atoms. The topological polar surface area (TPSA) is 61.4 Å². The van der Waals surface area contributed by atoms with E-state index in [9.17, 15) is 9.59 Å². The Morgan fingerprint density at radius 1 is 1.25 bits per heavy atom. The van der Waals surface area contributed by atoms with E-state index in [1.165, 1.54) is 12.8 Å². The summed E-state index contributed by atoms with van der Waals surface area (Å²) in [5.41, 5.74) is 0. The lowest BCUT2D eigenvalue weighted by Crippen LogP contribution is -2.48. The fraction of sp³-hybridized carbons (Fsp3) is 0.867. The van der Waals surface area contributed by atoms with E-state index in [-0.39, 0.29) is 23.8 Å². The Balaban J connectivity index is 1.52. The average Bonchev–Trinajstić information content (AvgIpc) is 2.87. The summed E-state index contributed by atoms with van der Waals surface area (Å²) >= 11 is 0. The molecule has 112 valence electrons. The number of carbonyl (C=O) groups excluding carboxylic acids is 2. The number of amides is 2. The molecular formula is C15H25N3O2. The fourth-order valence-corrected chi connectivity index (χ4v) is 3.90. The maximum absolute atomic E-state index is 12.5. The number of nitrogens with one attached hydrogen (secondary N) is 2. The number of carbonyl (C=O) groups is 2. The van der Waals surface area contributed by atoms with E-state index in [1.807, 2.05) is 4.90 Å². The molecule has 0 spiro atoms. The van der Waals surface area contributed by atoms with E-state index in [2.05, 4.69) is 10.6 Å². The average molecular weight is 279 g/mol. The molecular weight excluding hydrogens is 254 g/mol. The van der Waals surface area contributed by atoms with Gasteiger partial charge >= 0.3 is 0 Å². The molecule has 0 radical (unpaired) electrons. The number of rotatable bonds is 3. The number of nitrogens with zero attached hydrogens (tertiary/aromatic N) is 1. The minimum absolute atomic E-state index is 0.0478. The lowest BCUT2D eigenvalue weighted by Gasteiger charge is -2.36. The smallest absolute Gasteiger partial charge is 0.225 e. The minimum Gasteiger partial charge on any atom is -0.354 e. The molecule has 0 saturated carbocycles. The van der Waals surface area contributed by atoms with Crippen LogP contribution in [0.5, 0.6) is 0 Å². The van der Waals surface area contributed by atoms with Crippen LogP contribution < -0.4 is 10.6 Å². The SMILES string of the molecule is O=C1NCC2C1CCCN2C(=O)CCC1CCNCC1. The van der Waals surface area contributed by atoms with Crippen molar-refractivity contribution in [3.63, 3.8) is 0 Å². The Bertz CT molecular complexity index is 379. The van der Waals surface area contributed by atoms with Gasteiger partial charge in [-0.25, -0.2) is 0 Å². The Morgan fingerprint density at radius 3 is 2.85 bits per heavy atom. The molecule has 3 heterocycles. The Hall–Kier alpha value is -1.10. The summed E-state index contributed by atoms with van der Waals surface area (Å²) in [5.74, 6) is 1.15. The van der Waals surface area contributed by atoms with Crippen LogP contribution in [0.3, 0.4) is 0 Å². The zero-order chi connectivity index (χ0) is 13.9. The predicted molar refractivity (Wildman–Crippen MR) is 76.1 cm³/mol. The van der Waals surface area contributed by atoms with Crippen LogP contribution in [0.2, 0.25) is 0 Å². The molecule has 3 rings (SSSR count). The van der Waals surface area contributed by atoms with Crippen molar-refractivity contribution in [3.8, 4) is 0 Å². The number of hydrogen-bond donors (Lipinski definition) is 2. The van der Waals surface area contributed by atoms with Crippen LogP contribution in [0, 0.1) is 11.8 Å². The van der Waals surface area contributed by atoms with E-state index in [4.69, 9.17) is 0 Å². The summed E-state index contributed by atoms with van der Waals surface area (Å²) < 4.78 is 0. The van der Waals surface area contributed by atoms with E-state index in [0.29, 0.717) is 18.9 Å². The molecule has 0 aromatic rings. The van der Waals surface area contributed by atoms with Gasteiger partial charge in [-0.05, 0) is 51.1 Å². The van der Waals surface area contributed by atoms with Gasteiger partial charge in [-0.3, -0.25) is 9.59 Å². The molecule has 2 amide bonds. The van der Waals surface area contributed by atoms with Crippen LogP contribution in [-0.2, 0) is 9.59 Å². The maximum Gasteiger partial charge on any atom is 0.225 e. The lowest BCUT2D eigenvalue weighted by molar-refractivity contribution is -0.137. The second kappa shape index (κ2) is 6.12. The first-order valence-electron chi connectivity index (χ1n) is 8.03. The molecule has 0 aliphatic carbocycles. The predicted octanol–water partition coefficient (Wildman–Crippen LogP) is 0.503. The van der Waals surface area contributed by atoms with Crippen molar-refractivity contribution in [2.24, 2.45) is 11.8 Å². The highest BCUT2D eigenvalue weighted by Crippen LogP contribution is 2.28. The molecule has 3 aliphatic heterocycles. The van der Waals surface area contributed by atoms with Gasteiger partial charge in [0.05, 0.1) is 12.0 Å². The van der Waals surface area contributed by atoms with Crippen LogP contribution in [0.15, 0.2) is 0 Å². The standard InChI is InChI=1S/C15H25N3O2/c19-14(4-3-11-5-7-16-8-6-11)18-9-1-2-12-13(18)10-17-15(12)20/h11-13,16H,1-10H2,(H,17,20). The molecule has 3 aliphatic rings. The Kier molecular flexibility index (Phi) is 4.24. The van der Waals surface area contributed by atoms with Gasteiger partial charge in [0.25, 0.3) is 0 Å². The molecule has 0 aromatic carbocycles. The second-order valence-electron chi connectivity index (χ2n) is 6.38. The van der Waals surface area contributed by atoms with Gasteiger partial charge in [0, 0.05) is 19.5 Å². The van der Waals surface area contributed by atoms with Crippen molar-refractivity contribution in [1.29, 1.82) is 0 Å². The number of fused-ring (bicyclic) bond motifs is 1. The minimum atomic E-state index is 0.0478. The summed E-state index contributed by atoms with van der Waals surface area (Å²) in [5, 5.41) is 6.27. The van der Waals surface area contributed by atoms with Gasteiger partial charge < -0.3 is 15.5 Å². The van der Waals surface area contributed by atoms with Crippen molar-refractivity contribution in [2.75, 3.05) is 26.2 Å². The molecule has 0 aromatic heterocycles. The fourth-order valence-electron chi connectivity index (χ4n) is 3.90. The molecule has 3 saturated heterocycles. The van der Waals surface area contributed by atoms with E-state index >= 15 is 0 Å². The van der Waals surface area contributed by atoms with Crippen LogP contribution in [0.25, 0.3) is 0 Å². The largest absolute Gasteiger partial charge is 0.354 e. The summed E-state index contributed by atoms with van der Waals surface area (Å²) in [7, 11) is 0. The third kappa shape index (κ3) is 2.82. The molecule has 0 bridgehead atoms. The Labute approximate surface area is 120 Å². The summed E-state index contributed by atoms with van der Waals surface area (Å²) in [6.07, 6.45) is 5.96. The summed E-state index contributed by atoms with van der Waals surface area (Å²) in [6.45, 7) is 3.67. The Morgan fingerprint density at radius 2 is 2.05 bits per heavy atom. The molecule has 2 atom stereocenters. The van der Waals surface area contributed by atoms with Gasteiger partial charge in [-0.2, -0.15) is 0 Å². The van der Waals surface area contributed by atoms with Crippen LogP contribution in [0.1, 0.15) is 38.5 Å². The monoisotopic (exact) mass is 279 g/mol. The summed E-state index contributed by atoms with van der Waals surface area (Å²) in [6, 6.07) is 0.122. The quantitative estimate of drug-likeness (QED) is 0.791. The maximum atomic E-state index is 12.5. The molecule has 2 unspecified atom stereocenters. The zero-order valence-electron chi connectivity index (χ0n) is 12.1. The molecule has 2 N–H and O–H groups in total. The first-order valence-corrected chi connectivity index (χ1v) is 8.03. The van der Waals surface area contributed by atoms with E-state index in [1.54, 1.807) is 0 Å². The first-order chi connectivity index (χ1) is 9.75. The summed E-state index contributed by atoms with van der Waals surface area (Å²) in [4.78, 5) is 26.2. The lowest BCUT2D eigenvalue weighted by atomic mass is 9.90. The van der Waals surface area contributed by atoms with Crippen molar-refractivity contribution < 1.29 is 9.59 Å². The molecule has 5 nitrogen and oxygen atoms in total. The van der Waals surface area contributed by atoms with Crippen LogP contribution >= 0.6 is 0 Å². The molecule has 5 heteroatoms. The zero-order valence-corrected chi connectivity index (χ0v) is 12.1. The van der Waals surface area contributed by atoms with Crippen molar-refractivity contribution >= 4 is 11.8 Å². The van der Waals surface area contributed by atoms with Gasteiger partial charge in [-0.1, -0.05) is 0 Å². The van der Waals surface area contributed by atoms with Crippen LogP contribution in [-0.4, -0.2) is 48.9 Å². The van der Waals surface area contributed by atoms with Crippen LogP contribution in [0.4, 0.5) is 0 Å². The number of piperidine rings is 2. The second-order valence-corrected chi connectivity index (χ2v) is 6.38. The van der Waals surface area contributed by atoms with Crippen molar-refractivity contribution in [2.45, 2.75) is 44.6 Å². The van der Waals surface area contributed by atoms with E-state index < -0.39 is 0 Å². The normalized spacial score (nSPS) is 31.0. The van der Waals surface area contributed by atoms with Crippen molar-refractivity contribution in [3.05, 3.63) is 0 Å². The third-order valence-electron chi connectivity index (χ3n) is 5.15. The number of likely N-dealkylation sites (tertiary alicyclic amines) is 1. The van der Waals surface area contributed by atoms with Gasteiger partial charge in [0.2, 0.25) is 11.8 Å². The third-order valence-corrected chi connectivity index (χ3v) is 5.15. The first kappa shape index (κ1) is 13.9. The van der Waals surface area contributed by atoms with Gasteiger partial charge in [0.15, 0.2) is 0 Å². The van der Waals surface area contributed by atoms with E-state index in [0.717, 1.165) is 38.9 Å². The molecule has 3 fully saturated rings. The highest BCUT2D eigenvalue weighted by Gasteiger charge is 2.42.